The van der Waals surface area contributed by atoms with Gasteiger partial charge in [-0.05, 0) is 63.1 Å². The third-order valence-electron chi connectivity index (χ3n) is 5.94. The molecule has 0 fully saturated rings. The number of hydrogen-bond donors (Lipinski definition) is 1. The van der Waals surface area contributed by atoms with Crippen LogP contribution >= 0.6 is 23.1 Å². The van der Waals surface area contributed by atoms with Gasteiger partial charge in [-0.25, -0.2) is 4.98 Å². The minimum absolute atomic E-state index is 0.0173. The van der Waals surface area contributed by atoms with Crippen molar-refractivity contribution >= 4 is 44.9 Å². The van der Waals surface area contributed by atoms with Crippen molar-refractivity contribution in [2.75, 3.05) is 19.0 Å². The molecule has 1 aromatic carbocycles. The number of thiophene rings is 1. The van der Waals surface area contributed by atoms with E-state index < -0.39 is 5.25 Å². The molecular weight excluding hydrogens is 442 g/mol. The highest BCUT2D eigenvalue weighted by Crippen LogP contribution is 2.35. The van der Waals surface area contributed by atoms with E-state index in [2.05, 4.69) is 5.32 Å². The summed E-state index contributed by atoms with van der Waals surface area (Å²) in [6.45, 7) is 6.64. The molecular formula is C24H29N3O3S2. The number of nitrogens with one attached hydrogen (secondary N) is 1. The summed E-state index contributed by atoms with van der Waals surface area (Å²) in [5.41, 5.74) is 4.05. The molecule has 1 unspecified atom stereocenters. The lowest BCUT2D eigenvalue weighted by atomic mass is 9.97. The Labute approximate surface area is 196 Å². The third kappa shape index (κ3) is 4.49. The van der Waals surface area contributed by atoms with Gasteiger partial charge >= 0.3 is 0 Å². The van der Waals surface area contributed by atoms with Crippen molar-refractivity contribution in [3.63, 3.8) is 0 Å². The molecule has 8 heteroatoms. The van der Waals surface area contributed by atoms with Gasteiger partial charge in [-0.15, -0.1) is 11.3 Å². The molecule has 1 aliphatic carbocycles. The fraction of sp³-hybridized carbons (Fsp3) is 0.458. The Morgan fingerprint density at radius 1 is 1.28 bits per heavy atom. The average molecular weight is 472 g/mol. The average Bonchev–Trinajstić information content (AvgIpc) is 3.14. The first kappa shape index (κ1) is 23.0. The van der Waals surface area contributed by atoms with Crippen LogP contribution in [0.3, 0.4) is 0 Å². The molecule has 1 atom stereocenters. The number of methoxy groups -OCH3 is 1. The molecule has 6 nitrogen and oxygen atoms in total. The van der Waals surface area contributed by atoms with Crippen LogP contribution in [0.5, 0.6) is 0 Å². The molecule has 0 spiro atoms. The number of aromatic nitrogens is 2. The van der Waals surface area contributed by atoms with Crippen LogP contribution in [0.2, 0.25) is 0 Å². The molecule has 0 saturated carbocycles. The zero-order valence-electron chi connectivity index (χ0n) is 19.0. The number of nitrogens with zero attached hydrogens (tertiary/aromatic N) is 2. The molecule has 3 aromatic rings. The summed E-state index contributed by atoms with van der Waals surface area (Å²) in [5, 5.41) is 3.97. The second kappa shape index (κ2) is 9.77. The summed E-state index contributed by atoms with van der Waals surface area (Å²) in [7, 11) is 1.62. The molecule has 0 aliphatic heterocycles. The number of hydrogen-bond acceptors (Lipinski definition) is 6. The number of ether oxygens (including phenoxy) is 1. The van der Waals surface area contributed by atoms with Crippen molar-refractivity contribution in [2.24, 2.45) is 0 Å². The Kier molecular flexibility index (Phi) is 7.02. The van der Waals surface area contributed by atoms with Gasteiger partial charge in [-0.1, -0.05) is 30.0 Å². The highest BCUT2D eigenvalue weighted by Gasteiger charge is 2.24. The molecule has 1 amide bonds. The van der Waals surface area contributed by atoms with Gasteiger partial charge in [0.2, 0.25) is 5.91 Å². The first-order chi connectivity index (χ1) is 15.4. The van der Waals surface area contributed by atoms with Crippen LogP contribution in [0.1, 0.15) is 41.3 Å². The number of fused-ring (bicyclic) bond motifs is 3. The van der Waals surface area contributed by atoms with Crippen LogP contribution < -0.4 is 10.9 Å². The van der Waals surface area contributed by atoms with Crippen molar-refractivity contribution in [2.45, 2.75) is 63.4 Å². The van der Waals surface area contributed by atoms with Crippen LogP contribution in [0, 0.1) is 13.8 Å². The molecule has 1 N–H and O–H groups in total. The number of para-hydroxylation sites is 1. The van der Waals surface area contributed by atoms with E-state index in [4.69, 9.17) is 9.72 Å². The largest absolute Gasteiger partial charge is 0.383 e. The van der Waals surface area contributed by atoms with E-state index in [0.29, 0.717) is 18.3 Å². The monoisotopic (exact) mass is 471 g/mol. The number of anilines is 1. The number of rotatable bonds is 7. The zero-order valence-corrected chi connectivity index (χ0v) is 20.6. The fourth-order valence-electron chi connectivity index (χ4n) is 4.14. The Hall–Kier alpha value is -2.16. The highest BCUT2D eigenvalue weighted by atomic mass is 32.2. The van der Waals surface area contributed by atoms with E-state index in [-0.39, 0.29) is 11.5 Å². The zero-order chi connectivity index (χ0) is 22.8. The lowest BCUT2D eigenvalue weighted by Gasteiger charge is -2.17. The van der Waals surface area contributed by atoms with Crippen LogP contribution in [0.25, 0.3) is 10.2 Å². The maximum Gasteiger partial charge on any atom is 0.263 e. The van der Waals surface area contributed by atoms with Crippen LogP contribution in [-0.4, -0.2) is 34.4 Å². The summed E-state index contributed by atoms with van der Waals surface area (Å²) < 4.78 is 6.93. The lowest BCUT2D eigenvalue weighted by Crippen LogP contribution is -2.28. The normalized spacial score (nSPS) is 14.4. The van der Waals surface area contributed by atoms with Crippen molar-refractivity contribution in [1.29, 1.82) is 0 Å². The van der Waals surface area contributed by atoms with E-state index in [1.54, 1.807) is 23.0 Å². The molecule has 0 radical (unpaired) electrons. The number of carbonyl (C=O) groups excluding carboxylic acids is 1. The maximum atomic E-state index is 13.5. The number of amides is 1. The Bertz CT molecular complexity index is 1200. The number of thioether (sulfide) groups is 1. The highest BCUT2D eigenvalue weighted by molar-refractivity contribution is 8.00. The molecule has 2 aromatic heterocycles. The van der Waals surface area contributed by atoms with E-state index in [9.17, 15) is 9.59 Å². The fourth-order valence-corrected chi connectivity index (χ4v) is 6.37. The molecule has 0 bridgehead atoms. The van der Waals surface area contributed by atoms with Gasteiger partial charge in [-0.2, -0.15) is 0 Å². The summed E-state index contributed by atoms with van der Waals surface area (Å²) in [6, 6.07) is 5.94. The Morgan fingerprint density at radius 3 is 2.72 bits per heavy atom. The minimum Gasteiger partial charge on any atom is -0.383 e. The first-order valence-electron chi connectivity index (χ1n) is 11.0. The molecule has 32 heavy (non-hydrogen) atoms. The molecule has 170 valence electrons. The molecule has 1 aliphatic rings. The van der Waals surface area contributed by atoms with Gasteiger partial charge in [0.25, 0.3) is 5.56 Å². The molecule has 0 saturated heterocycles. The minimum atomic E-state index is -0.415. The predicted molar refractivity (Wildman–Crippen MR) is 132 cm³/mol. The Morgan fingerprint density at radius 2 is 2.00 bits per heavy atom. The summed E-state index contributed by atoms with van der Waals surface area (Å²) in [4.78, 5) is 33.4. The lowest BCUT2D eigenvalue weighted by molar-refractivity contribution is -0.115. The van der Waals surface area contributed by atoms with Crippen LogP contribution in [0.4, 0.5) is 5.69 Å². The van der Waals surface area contributed by atoms with Crippen LogP contribution in [0.15, 0.2) is 28.2 Å². The summed E-state index contributed by atoms with van der Waals surface area (Å²) >= 11 is 2.96. The van der Waals surface area contributed by atoms with Gasteiger partial charge in [-0.3, -0.25) is 14.2 Å². The number of carbonyl (C=O) groups is 1. The summed E-state index contributed by atoms with van der Waals surface area (Å²) in [6.07, 6.45) is 4.24. The van der Waals surface area contributed by atoms with Crippen molar-refractivity contribution in [3.8, 4) is 0 Å². The van der Waals surface area contributed by atoms with E-state index in [0.717, 1.165) is 52.7 Å². The third-order valence-corrected chi connectivity index (χ3v) is 8.22. The standard InChI is InChI=1S/C24H29N3O3S2/c1-14-8-7-9-15(2)20(14)25-21(28)16(3)31-24-26-22-19(23(29)27(24)12-13-30-4)17-10-5-6-11-18(17)32-22/h7-9,16H,5-6,10-13H2,1-4H3,(H,25,28). The SMILES string of the molecule is COCCn1c(SC(C)C(=O)Nc2c(C)cccc2C)nc2sc3c(c2c1=O)CCCC3. The number of benzene rings is 1. The van der Waals surface area contributed by atoms with E-state index >= 15 is 0 Å². The van der Waals surface area contributed by atoms with Crippen molar-refractivity contribution < 1.29 is 9.53 Å². The van der Waals surface area contributed by atoms with E-state index in [1.807, 2.05) is 39.0 Å². The van der Waals surface area contributed by atoms with Gasteiger partial charge in [0.1, 0.15) is 4.83 Å². The van der Waals surface area contributed by atoms with E-state index in [1.165, 1.54) is 22.2 Å². The topological polar surface area (TPSA) is 73.2 Å². The first-order valence-corrected chi connectivity index (χ1v) is 12.7. The maximum absolute atomic E-state index is 13.5. The number of aryl methyl sites for hydroxylation is 4. The smallest absolute Gasteiger partial charge is 0.263 e. The Balaban J connectivity index is 1.66. The van der Waals surface area contributed by atoms with Crippen molar-refractivity contribution in [1.82, 2.24) is 9.55 Å². The van der Waals surface area contributed by atoms with Gasteiger partial charge in [0, 0.05) is 17.7 Å². The van der Waals surface area contributed by atoms with Gasteiger partial charge < -0.3 is 10.1 Å². The summed E-state index contributed by atoms with van der Waals surface area (Å²) in [5.74, 6) is -0.106. The second-order valence-electron chi connectivity index (χ2n) is 8.25. The van der Waals surface area contributed by atoms with Crippen LogP contribution in [-0.2, 0) is 28.9 Å². The predicted octanol–water partition coefficient (Wildman–Crippen LogP) is 4.72. The van der Waals surface area contributed by atoms with Gasteiger partial charge in [0.05, 0.1) is 23.8 Å². The van der Waals surface area contributed by atoms with Gasteiger partial charge in [0.15, 0.2) is 5.16 Å². The quantitative estimate of drug-likeness (QED) is 0.399. The molecule has 2 heterocycles. The van der Waals surface area contributed by atoms with Crippen molar-refractivity contribution in [3.05, 3.63) is 50.1 Å². The second-order valence-corrected chi connectivity index (χ2v) is 10.6. The molecule has 4 rings (SSSR count).